The van der Waals surface area contributed by atoms with Crippen LogP contribution in [0.25, 0.3) is 0 Å². The van der Waals surface area contributed by atoms with Gasteiger partial charge in [-0.3, -0.25) is 0 Å². The first kappa shape index (κ1) is 11.8. The second-order valence-electron chi connectivity index (χ2n) is 4.19. The van der Waals surface area contributed by atoms with Crippen LogP contribution >= 0.6 is 0 Å². The lowest BCUT2D eigenvalue weighted by Crippen LogP contribution is -2.28. The Balaban J connectivity index is 2.03. The van der Waals surface area contributed by atoms with Crippen LogP contribution in [0.5, 0.6) is 0 Å². The number of aliphatic hydroxyl groups is 1. The Hall–Kier alpha value is -1.64. The van der Waals surface area contributed by atoms with Gasteiger partial charge in [-0.1, -0.05) is 60.7 Å². The predicted octanol–water partition coefficient (Wildman–Crippen LogP) is 2.29. The van der Waals surface area contributed by atoms with E-state index in [9.17, 15) is 5.11 Å². The molecular weight excluding hydrogens is 210 g/mol. The molecule has 0 aliphatic heterocycles. The number of hydrogen-bond donors (Lipinski definition) is 2. The van der Waals surface area contributed by atoms with Crippen molar-refractivity contribution in [3.63, 3.8) is 0 Å². The maximum absolute atomic E-state index is 10.1. The molecule has 2 aromatic carbocycles. The molecule has 0 fully saturated rings. The van der Waals surface area contributed by atoms with E-state index >= 15 is 0 Å². The Morgan fingerprint density at radius 1 is 0.882 bits per heavy atom. The quantitative estimate of drug-likeness (QED) is 0.841. The fourth-order valence-corrected chi connectivity index (χ4v) is 1.88. The molecule has 3 N–H and O–H groups in total. The Kier molecular flexibility index (Phi) is 3.91. The Morgan fingerprint density at radius 2 is 1.41 bits per heavy atom. The SMILES string of the molecule is N[C@@H](c1ccccc1)C(O)Cc1ccccc1. The number of hydrogen-bond acceptors (Lipinski definition) is 2. The van der Waals surface area contributed by atoms with E-state index in [4.69, 9.17) is 5.73 Å². The molecule has 0 heterocycles. The number of aliphatic hydroxyl groups excluding tert-OH is 1. The molecule has 0 radical (unpaired) electrons. The van der Waals surface area contributed by atoms with Gasteiger partial charge in [-0.05, 0) is 11.1 Å². The van der Waals surface area contributed by atoms with Gasteiger partial charge in [0.1, 0.15) is 0 Å². The first-order chi connectivity index (χ1) is 8.27. The highest BCUT2D eigenvalue weighted by atomic mass is 16.3. The molecule has 0 aliphatic rings. The fourth-order valence-electron chi connectivity index (χ4n) is 1.88. The van der Waals surface area contributed by atoms with Gasteiger partial charge < -0.3 is 10.8 Å². The van der Waals surface area contributed by atoms with Crippen LogP contribution in [0.2, 0.25) is 0 Å². The van der Waals surface area contributed by atoms with Crippen molar-refractivity contribution >= 4 is 0 Å². The molecule has 0 amide bonds. The van der Waals surface area contributed by atoms with Gasteiger partial charge in [-0.25, -0.2) is 0 Å². The van der Waals surface area contributed by atoms with E-state index in [1.165, 1.54) is 0 Å². The summed E-state index contributed by atoms with van der Waals surface area (Å²) in [6.45, 7) is 0. The van der Waals surface area contributed by atoms with Crippen LogP contribution in [-0.2, 0) is 6.42 Å². The highest BCUT2D eigenvalue weighted by molar-refractivity contribution is 5.21. The molecule has 0 bridgehead atoms. The van der Waals surface area contributed by atoms with E-state index in [2.05, 4.69) is 0 Å². The zero-order chi connectivity index (χ0) is 12.1. The van der Waals surface area contributed by atoms with Crippen molar-refractivity contribution in [3.05, 3.63) is 71.8 Å². The van der Waals surface area contributed by atoms with E-state index in [1.807, 2.05) is 60.7 Å². The highest BCUT2D eigenvalue weighted by Crippen LogP contribution is 2.17. The molecule has 1 unspecified atom stereocenters. The average molecular weight is 227 g/mol. The van der Waals surface area contributed by atoms with E-state index in [1.54, 1.807) is 0 Å². The molecule has 17 heavy (non-hydrogen) atoms. The van der Waals surface area contributed by atoms with E-state index in [0.29, 0.717) is 6.42 Å². The van der Waals surface area contributed by atoms with Crippen molar-refractivity contribution in [2.24, 2.45) is 5.73 Å². The smallest absolute Gasteiger partial charge is 0.0773 e. The predicted molar refractivity (Wildman–Crippen MR) is 69.5 cm³/mol. The number of benzene rings is 2. The molecule has 0 saturated carbocycles. The fraction of sp³-hybridized carbons (Fsp3) is 0.200. The van der Waals surface area contributed by atoms with Crippen LogP contribution in [-0.4, -0.2) is 11.2 Å². The Labute approximate surface area is 102 Å². The highest BCUT2D eigenvalue weighted by Gasteiger charge is 2.16. The lowest BCUT2D eigenvalue weighted by Gasteiger charge is -2.19. The Bertz CT molecular complexity index is 441. The van der Waals surface area contributed by atoms with Crippen LogP contribution < -0.4 is 5.73 Å². The average Bonchev–Trinajstić information content (AvgIpc) is 2.40. The third-order valence-electron chi connectivity index (χ3n) is 2.89. The summed E-state index contributed by atoms with van der Waals surface area (Å²) in [5.41, 5.74) is 8.11. The standard InChI is InChI=1S/C15H17NO/c16-15(13-9-5-2-6-10-13)14(17)11-12-7-3-1-4-8-12/h1-10,14-15,17H,11,16H2/t14?,15-/m0/s1. The van der Waals surface area contributed by atoms with Gasteiger partial charge in [0.05, 0.1) is 12.1 Å². The second kappa shape index (κ2) is 5.62. The first-order valence-electron chi connectivity index (χ1n) is 5.80. The summed E-state index contributed by atoms with van der Waals surface area (Å²) in [5.74, 6) is 0. The van der Waals surface area contributed by atoms with Crippen molar-refractivity contribution in [3.8, 4) is 0 Å². The van der Waals surface area contributed by atoms with Gasteiger partial charge in [0.2, 0.25) is 0 Å². The topological polar surface area (TPSA) is 46.2 Å². The summed E-state index contributed by atoms with van der Waals surface area (Å²) in [6, 6.07) is 19.3. The van der Waals surface area contributed by atoms with Crippen LogP contribution in [0.4, 0.5) is 0 Å². The van der Waals surface area contributed by atoms with Crippen LogP contribution in [0.1, 0.15) is 17.2 Å². The zero-order valence-corrected chi connectivity index (χ0v) is 9.66. The lowest BCUT2D eigenvalue weighted by atomic mass is 9.97. The van der Waals surface area contributed by atoms with Crippen molar-refractivity contribution < 1.29 is 5.11 Å². The van der Waals surface area contributed by atoms with E-state index < -0.39 is 6.10 Å². The maximum Gasteiger partial charge on any atom is 0.0773 e. The minimum Gasteiger partial charge on any atom is -0.391 e. The van der Waals surface area contributed by atoms with Crippen molar-refractivity contribution in [2.45, 2.75) is 18.6 Å². The molecule has 0 saturated heterocycles. The molecule has 0 aromatic heterocycles. The minimum absolute atomic E-state index is 0.337. The second-order valence-corrected chi connectivity index (χ2v) is 4.19. The third-order valence-corrected chi connectivity index (χ3v) is 2.89. The maximum atomic E-state index is 10.1. The summed E-state index contributed by atoms with van der Waals surface area (Å²) < 4.78 is 0. The summed E-state index contributed by atoms with van der Waals surface area (Å²) in [6.07, 6.45) is 0.0245. The van der Waals surface area contributed by atoms with Crippen molar-refractivity contribution in [1.29, 1.82) is 0 Å². The van der Waals surface area contributed by atoms with Gasteiger partial charge in [-0.15, -0.1) is 0 Å². The zero-order valence-electron chi connectivity index (χ0n) is 9.66. The number of rotatable bonds is 4. The van der Waals surface area contributed by atoms with Crippen LogP contribution in [0.15, 0.2) is 60.7 Å². The van der Waals surface area contributed by atoms with Crippen LogP contribution in [0, 0.1) is 0 Å². The molecule has 2 rings (SSSR count). The molecule has 2 atom stereocenters. The molecule has 88 valence electrons. The minimum atomic E-state index is -0.556. The molecule has 0 spiro atoms. The van der Waals surface area contributed by atoms with Gasteiger partial charge in [-0.2, -0.15) is 0 Å². The largest absolute Gasteiger partial charge is 0.391 e. The summed E-state index contributed by atoms with van der Waals surface area (Å²) in [7, 11) is 0. The molecular formula is C15H17NO. The Morgan fingerprint density at radius 3 is 2.00 bits per heavy atom. The third kappa shape index (κ3) is 3.16. The number of nitrogens with two attached hydrogens (primary N) is 1. The van der Waals surface area contributed by atoms with Gasteiger partial charge in [0.25, 0.3) is 0 Å². The van der Waals surface area contributed by atoms with E-state index in [-0.39, 0.29) is 6.04 Å². The van der Waals surface area contributed by atoms with Crippen molar-refractivity contribution in [1.82, 2.24) is 0 Å². The van der Waals surface area contributed by atoms with Crippen molar-refractivity contribution in [2.75, 3.05) is 0 Å². The van der Waals surface area contributed by atoms with Gasteiger partial charge in [0, 0.05) is 6.42 Å². The molecule has 2 aromatic rings. The summed E-state index contributed by atoms with van der Waals surface area (Å²) in [5, 5.41) is 10.1. The van der Waals surface area contributed by atoms with E-state index in [0.717, 1.165) is 11.1 Å². The van der Waals surface area contributed by atoms with Crippen LogP contribution in [0.3, 0.4) is 0 Å². The first-order valence-corrected chi connectivity index (χ1v) is 5.80. The summed E-state index contributed by atoms with van der Waals surface area (Å²) >= 11 is 0. The molecule has 2 heteroatoms. The summed E-state index contributed by atoms with van der Waals surface area (Å²) in [4.78, 5) is 0. The monoisotopic (exact) mass is 227 g/mol. The lowest BCUT2D eigenvalue weighted by molar-refractivity contribution is 0.145. The molecule has 0 aliphatic carbocycles. The van der Waals surface area contributed by atoms with Gasteiger partial charge >= 0.3 is 0 Å². The normalized spacial score (nSPS) is 14.2. The molecule has 2 nitrogen and oxygen atoms in total. The van der Waals surface area contributed by atoms with Gasteiger partial charge in [0.15, 0.2) is 0 Å².